The van der Waals surface area contributed by atoms with Crippen LogP contribution in [-0.4, -0.2) is 74.0 Å². The van der Waals surface area contributed by atoms with Crippen molar-refractivity contribution in [1.82, 2.24) is 0 Å². The minimum Gasteiger partial charge on any atom is -0.463 e. The summed E-state index contributed by atoms with van der Waals surface area (Å²) >= 11 is 0. The number of esters is 3. The van der Waals surface area contributed by atoms with Gasteiger partial charge >= 0.3 is 17.9 Å². The molecule has 0 saturated carbocycles. The van der Waals surface area contributed by atoms with Crippen LogP contribution in [-0.2, 0) is 33.2 Å². The Balaban J connectivity index is 1.61. The van der Waals surface area contributed by atoms with Gasteiger partial charge in [0.2, 0.25) is 0 Å². The average Bonchev–Trinajstić information content (AvgIpc) is 3.02. The van der Waals surface area contributed by atoms with Crippen LogP contribution in [0.5, 0.6) is 0 Å². The van der Waals surface area contributed by atoms with E-state index in [2.05, 4.69) is 10.0 Å². The Morgan fingerprint density at radius 1 is 0.773 bits per heavy atom. The summed E-state index contributed by atoms with van der Waals surface area (Å²) in [6.45, 7) is 8.61. The second-order valence-electron chi connectivity index (χ2n) is 11.3. The first-order chi connectivity index (χ1) is 21.1. The largest absolute Gasteiger partial charge is 0.463 e. The monoisotopic (exact) mass is 609 g/mol. The molecule has 12 heteroatoms. The van der Waals surface area contributed by atoms with Crippen LogP contribution < -0.4 is 0 Å². The highest BCUT2D eigenvalue weighted by Crippen LogP contribution is 2.38. The molecule has 2 aliphatic rings. The van der Waals surface area contributed by atoms with Crippen LogP contribution in [0.1, 0.15) is 55.3 Å². The zero-order chi connectivity index (χ0) is 31.8. The maximum Gasteiger partial charge on any atom is 0.338 e. The molecule has 0 bridgehead atoms. The summed E-state index contributed by atoms with van der Waals surface area (Å²) in [5.41, 5.74) is 10.00. The molecule has 2 fully saturated rings. The van der Waals surface area contributed by atoms with Crippen LogP contribution in [0.4, 0.5) is 0 Å². The molecule has 236 valence electrons. The molecule has 2 aromatic rings. The summed E-state index contributed by atoms with van der Waals surface area (Å²) in [5.74, 6) is -2.40. The minimum atomic E-state index is -1.11. The molecule has 44 heavy (non-hydrogen) atoms. The summed E-state index contributed by atoms with van der Waals surface area (Å²) in [4.78, 5) is 40.5. The van der Waals surface area contributed by atoms with Gasteiger partial charge in [0.05, 0.1) is 35.5 Å². The number of benzene rings is 2. The highest BCUT2D eigenvalue weighted by molar-refractivity contribution is 5.89. The molecule has 0 aromatic heterocycles. The molecule has 0 aliphatic carbocycles. The van der Waals surface area contributed by atoms with Crippen molar-refractivity contribution in [3.05, 3.63) is 82.2 Å². The average molecular weight is 610 g/mol. The second kappa shape index (κ2) is 15.2. The highest BCUT2D eigenvalue weighted by atomic mass is 16.7. The molecule has 2 heterocycles. The third kappa shape index (κ3) is 7.95. The van der Waals surface area contributed by atoms with Gasteiger partial charge in [-0.15, -0.1) is 0 Å². The molecule has 10 atom stereocenters. The Hall–Kier alpha value is -3.96. The number of azide groups is 1. The first-order valence-electron chi connectivity index (χ1n) is 14.7. The number of carbonyl (C=O) groups is 3. The Labute approximate surface area is 256 Å². The molecule has 2 aromatic carbocycles. The quantitative estimate of drug-likeness (QED) is 0.117. The molecule has 4 rings (SSSR count). The fraction of sp³-hybridized carbons (Fsp3) is 0.531. The van der Waals surface area contributed by atoms with E-state index < -0.39 is 66.7 Å². The molecular formula is C32H39N3O9. The summed E-state index contributed by atoms with van der Waals surface area (Å²) in [5, 5.41) is 3.95. The number of carbonyl (C=O) groups excluding carboxylic acids is 3. The van der Waals surface area contributed by atoms with Crippen molar-refractivity contribution in [1.29, 1.82) is 0 Å². The summed E-state index contributed by atoms with van der Waals surface area (Å²) < 4.78 is 36.0. The third-order valence-electron chi connectivity index (χ3n) is 8.37. The van der Waals surface area contributed by atoms with Gasteiger partial charge in [-0.3, -0.25) is 4.79 Å². The maximum absolute atomic E-state index is 13.2. The van der Waals surface area contributed by atoms with E-state index in [0.29, 0.717) is 11.1 Å². The SMILES string of the molecule is CC(=O)OCC1O[C@@H](O[C@@H]2C(COC(=O)c3ccccc3)O[C@H](C)C(N=[N+]=[N-])[C@H]2C)C(OC(=O)c2ccccc2)[C@@H](C)[C@@H]1C. The van der Waals surface area contributed by atoms with Gasteiger partial charge in [0, 0.05) is 17.8 Å². The van der Waals surface area contributed by atoms with Crippen LogP contribution in [0.2, 0.25) is 0 Å². The second-order valence-corrected chi connectivity index (χ2v) is 11.3. The zero-order valence-corrected chi connectivity index (χ0v) is 25.5. The predicted octanol–water partition coefficient (Wildman–Crippen LogP) is 5.12. The molecule has 12 nitrogen and oxygen atoms in total. The summed E-state index contributed by atoms with van der Waals surface area (Å²) in [7, 11) is 0. The van der Waals surface area contributed by atoms with E-state index in [1.54, 1.807) is 67.6 Å². The molecule has 4 unspecified atom stereocenters. The van der Waals surface area contributed by atoms with Crippen LogP contribution in [0.15, 0.2) is 65.8 Å². The summed E-state index contributed by atoms with van der Waals surface area (Å²) in [6, 6.07) is 16.5. The van der Waals surface area contributed by atoms with E-state index in [1.165, 1.54) is 6.92 Å². The lowest BCUT2D eigenvalue weighted by Crippen LogP contribution is -2.59. The van der Waals surface area contributed by atoms with E-state index in [-0.39, 0.29) is 25.0 Å². The molecule has 0 spiro atoms. The van der Waals surface area contributed by atoms with Gasteiger partial charge in [-0.1, -0.05) is 62.3 Å². The van der Waals surface area contributed by atoms with Crippen molar-refractivity contribution >= 4 is 17.9 Å². The van der Waals surface area contributed by atoms with Gasteiger partial charge in [0.1, 0.15) is 19.3 Å². The van der Waals surface area contributed by atoms with Gasteiger partial charge in [-0.25, -0.2) is 9.59 Å². The van der Waals surface area contributed by atoms with Crippen LogP contribution in [0.3, 0.4) is 0 Å². The van der Waals surface area contributed by atoms with Gasteiger partial charge in [0.15, 0.2) is 12.4 Å². The molecule has 2 aliphatic heterocycles. The van der Waals surface area contributed by atoms with Crippen LogP contribution in [0.25, 0.3) is 10.4 Å². The fourth-order valence-electron chi connectivity index (χ4n) is 5.66. The van der Waals surface area contributed by atoms with Crippen LogP contribution >= 0.6 is 0 Å². The van der Waals surface area contributed by atoms with Gasteiger partial charge < -0.3 is 28.4 Å². The molecule has 0 N–H and O–H groups in total. The molecule has 0 radical (unpaired) electrons. The van der Waals surface area contributed by atoms with Gasteiger partial charge in [0.25, 0.3) is 0 Å². The molecule has 0 amide bonds. The Morgan fingerprint density at radius 2 is 1.36 bits per heavy atom. The predicted molar refractivity (Wildman–Crippen MR) is 157 cm³/mol. The lowest BCUT2D eigenvalue weighted by Gasteiger charge is -2.48. The normalized spacial score (nSPS) is 31.7. The van der Waals surface area contributed by atoms with Gasteiger partial charge in [-0.2, -0.15) is 0 Å². The Morgan fingerprint density at radius 3 is 1.95 bits per heavy atom. The number of hydrogen-bond acceptors (Lipinski definition) is 10. The van der Waals surface area contributed by atoms with E-state index in [1.807, 2.05) is 20.8 Å². The van der Waals surface area contributed by atoms with Crippen molar-refractivity contribution < 1.29 is 42.8 Å². The molecular weight excluding hydrogens is 570 g/mol. The van der Waals surface area contributed by atoms with Crippen molar-refractivity contribution in [3.8, 4) is 0 Å². The summed E-state index contributed by atoms with van der Waals surface area (Å²) in [6.07, 6.45) is -4.61. The van der Waals surface area contributed by atoms with E-state index in [4.69, 9.17) is 28.4 Å². The minimum absolute atomic E-state index is 0.0206. The van der Waals surface area contributed by atoms with E-state index in [0.717, 1.165) is 0 Å². The number of hydrogen-bond donors (Lipinski definition) is 0. The van der Waals surface area contributed by atoms with E-state index >= 15 is 0 Å². The smallest absolute Gasteiger partial charge is 0.338 e. The standard InChI is InChI=1S/C32H39N3O9/c1-18-19(2)29(43-31(38)24-14-10-7-11-15-24)32(42-25(18)16-39-22(5)36)44-28-20(3)27(34-35-33)21(4)41-26(28)17-40-30(37)23-12-8-6-9-13-23/h6-15,18-21,25-29,32H,16-17H2,1-5H3/t18-,19-,20+,21+,25?,26?,27?,28-,29?,32-/m0/s1. The topological polar surface area (TPSA) is 155 Å². The lowest BCUT2D eigenvalue weighted by atomic mass is 9.83. The van der Waals surface area contributed by atoms with Crippen molar-refractivity contribution in [2.75, 3.05) is 13.2 Å². The Kier molecular flexibility index (Phi) is 11.4. The van der Waals surface area contributed by atoms with Crippen molar-refractivity contribution in [3.63, 3.8) is 0 Å². The molecule has 2 saturated heterocycles. The number of nitrogens with zero attached hydrogens (tertiary/aromatic N) is 3. The zero-order valence-electron chi connectivity index (χ0n) is 25.5. The Bertz CT molecular complexity index is 1320. The van der Waals surface area contributed by atoms with E-state index in [9.17, 15) is 19.9 Å². The van der Waals surface area contributed by atoms with Crippen LogP contribution in [0, 0.1) is 17.8 Å². The number of rotatable bonds is 10. The number of ether oxygens (including phenoxy) is 6. The first kappa shape index (κ1) is 32.9. The third-order valence-corrected chi connectivity index (χ3v) is 8.37. The first-order valence-corrected chi connectivity index (χ1v) is 14.7. The van der Waals surface area contributed by atoms with Crippen molar-refractivity contribution in [2.45, 2.75) is 77.5 Å². The highest BCUT2D eigenvalue weighted by Gasteiger charge is 2.50. The fourth-order valence-corrected chi connectivity index (χ4v) is 5.66. The van der Waals surface area contributed by atoms with Gasteiger partial charge in [-0.05, 0) is 48.6 Å². The van der Waals surface area contributed by atoms with Crippen molar-refractivity contribution in [2.24, 2.45) is 22.9 Å². The maximum atomic E-state index is 13.2. The lowest BCUT2D eigenvalue weighted by molar-refractivity contribution is -0.313.